The fraction of sp³-hybridized carbons (Fsp3) is 0.400. The van der Waals surface area contributed by atoms with Crippen LogP contribution in [0.5, 0.6) is 0 Å². The summed E-state index contributed by atoms with van der Waals surface area (Å²) in [6.07, 6.45) is 1.12. The number of aromatic amines is 1. The van der Waals surface area contributed by atoms with Crippen LogP contribution in [-0.4, -0.2) is 42.2 Å². The second-order valence-corrected chi connectivity index (χ2v) is 7.25. The van der Waals surface area contributed by atoms with Gasteiger partial charge in [0.2, 0.25) is 0 Å². The van der Waals surface area contributed by atoms with Gasteiger partial charge >= 0.3 is 0 Å². The molecule has 150 valence electrons. The Morgan fingerprint density at radius 1 is 1.32 bits per heavy atom. The van der Waals surface area contributed by atoms with Crippen molar-refractivity contribution in [2.45, 2.75) is 40.3 Å². The van der Waals surface area contributed by atoms with Gasteiger partial charge in [-0.05, 0) is 45.4 Å². The first-order valence-corrected chi connectivity index (χ1v) is 9.11. The standard InChI is InChI=1S/C20H28N6O2/c1-11(2)23-18-15(9-21)14(8-17(25-18)26(5)6)19(27)22-10-16-12(3)7-13(4)24-20(16)28/h7-9,11,21H,10H2,1-6H3,(H,22,27)(H,23,25)(H,24,28). The van der Waals surface area contributed by atoms with Gasteiger partial charge in [-0.2, -0.15) is 0 Å². The Kier molecular flexibility index (Phi) is 6.56. The van der Waals surface area contributed by atoms with Crippen molar-refractivity contribution in [2.75, 3.05) is 24.3 Å². The van der Waals surface area contributed by atoms with E-state index >= 15 is 0 Å². The molecule has 1 amide bonds. The SMILES string of the molecule is Cc1cc(C)c(CNC(=O)c2cc(N(C)C)nc(NC(C)C)c2C=N)c(=O)[nH]1. The highest BCUT2D eigenvalue weighted by atomic mass is 16.1. The summed E-state index contributed by atoms with van der Waals surface area (Å²) in [5, 5.41) is 13.8. The van der Waals surface area contributed by atoms with E-state index in [-0.39, 0.29) is 24.1 Å². The van der Waals surface area contributed by atoms with Gasteiger partial charge in [-0.25, -0.2) is 4.98 Å². The maximum Gasteiger partial charge on any atom is 0.253 e. The number of nitrogens with one attached hydrogen (secondary N) is 4. The maximum atomic E-state index is 12.9. The molecule has 0 saturated heterocycles. The molecule has 0 aliphatic heterocycles. The predicted molar refractivity (Wildman–Crippen MR) is 113 cm³/mol. The Balaban J connectivity index is 2.40. The third-order valence-electron chi connectivity index (χ3n) is 4.24. The first-order valence-electron chi connectivity index (χ1n) is 9.11. The number of carbonyl (C=O) groups is 1. The summed E-state index contributed by atoms with van der Waals surface area (Å²) in [6, 6.07) is 3.61. The number of rotatable bonds is 7. The van der Waals surface area contributed by atoms with E-state index in [2.05, 4.69) is 20.6 Å². The molecule has 0 atom stereocenters. The van der Waals surface area contributed by atoms with E-state index in [9.17, 15) is 9.59 Å². The van der Waals surface area contributed by atoms with Crippen molar-refractivity contribution in [3.63, 3.8) is 0 Å². The Bertz CT molecular complexity index is 946. The summed E-state index contributed by atoms with van der Waals surface area (Å²) in [7, 11) is 3.67. The van der Waals surface area contributed by atoms with Crippen molar-refractivity contribution in [2.24, 2.45) is 0 Å². The third kappa shape index (κ3) is 4.76. The molecule has 0 unspecified atom stereocenters. The predicted octanol–water partition coefficient (Wildman–Crippen LogP) is 2.20. The molecule has 0 fully saturated rings. The molecule has 28 heavy (non-hydrogen) atoms. The molecular formula is C20H28N6O2. The van der Waals surface area contributed by atoms with Crippen molar-refractivity contribution < 1.29 is 4.79 Å². The van der Waals surface area contributed by atoms with Crippen LogP contribution >= 0.6 is 0 Å². The summed E-state index contributed by atoms with van der Waals surface area (Å²) in [5.74, 6) is 0.712. The highest BCUT2D eigenvalue weighted by molar-refractivity contribution is 6.05. The van der Waals surface area contributed by atoms with Gasteiger partial charge in [-0.3, -0.25) is 9.59 Å². The molecule has 0 aromatic carbocycles. The average molecular weight is 384 g/mol. The Labute approximate surface area is 164 Å². The molecule has 2 rings (SSSR count). The first-order chi connectivity index (χ1) is 13.1. The maximum absolute atomic E-state index is 12.9. The Hall–Kier alpha value is -3.16. The number of H-pyrrole nitrogens is 1. The fourth-order valence-corrected chi connectivity index (χ4v) is 2.85. The zero-order valence-corrected chi connectivity index (χ0v) is 17.2. The summed E-state index contributed by atoms with van der Waals surface area (Å²) in [5.41, 5.74) is 2.63. The van der Waals surface area contributed by atoms with Gasteiger partial charge < -0.3 is 25.9 Å². The number of carbonyl (C=O) groups excluding carboxylic acids is 1. The van der Waals surface area contributed by atoms with E-state index < -0.39 is 0 Å². The van der Waals surface area contributed by atoms with Crippen LogP contribution in [0.1, 0.15) is 46.6 Å². The molecule has 2 heterocycles. The first kappa shape index (κ1) is 21.1. The number of hydrogen-bond donors (Lipinski definition) is 4. The van der Waals surface area contributed by atoms with Gasteiger partial charge in [-0.15, -0.1) is 0 Å². The van der Waals surface area contributed by atoms with Crippen LogP contribution in [0.2, 0.25) is 0 Å². The highest BCUT2D eigenvalue weighted by Gasteiger charge is 2.19. The number of aromatic nitrogens is 2. The fourth-order valence-electron chi connectivity index (χ4n) is 2.85. The van der Waals surface area contributed by atoms with Crippen LogP contribution in [0.25, 0.3) is 0 Å². The van der Waals surface area contributed by atoms with Crippen LogP contribution in [0.15, 0.2) is 16.9 Å². The molecule has 2 aromatic heterocycles. The number of nitrogens with zero attached hydrogens (tertiary/aromatic N) is 2. The third-order valence-corrected chi connectivity index (χ3v) is 4.24. The second kappa shape index (κ2) is 8.69. The van der Waals surface area contributed by atoms with E-state index in [1.165, 1.54) is 0 Å². The van der Waals surface area contributed by atoms with Crippen LogP contribution in [-0.2, 0) is 6.54 Å². The van der Waals surface area contributed by atoms with Crippen molar-refractivity contribution >= 4 is 23.8 Å². The summed E-state index contributed by atoms with van der Waals surface area (Å²) < 4.78 is 0. The molecule has 0 spiro atoms. The lowest BCUT2D eigenvalue weighted by Crippen LogP contribution is -2.29. The van der Waals surface area contributed by atoms with Crippen LogP contribution in [0.4, 0.5) is 11.6 Å². The topological polar surface area (TPSA) is 114 Å². The van der Waals surface area contributed by atoms with Gasteiger partial charge in [0.1, 0.15) is 11.6 Å². The van der Waals surface area contributed by atoms with Gasteiger partial charge in [0.25, 0.3) is 11.5 Å². The summed E-state index contributed by atoms with van der Waals surface area (Å²) >= 11 is 0. The van der Waals surface area contributed by atoms with Gasteiger partial charge in [-0.1, -0.05) is 0 Å². The molecule has 0 radical (unpaired) electrons. The molecule has 2 aromatic rings. The average Bonchev–Trinajstić information content (AvgIpc) is 2.59. The number of aryl methyl sites for hydroxylation is 2. The minimum Gasteiger partial charge on any atom is -0.367 e. The largest absolute Gasteiger partial charge is 0.367 e. The van der Waals surface area contributed by atoms with Crippen molar-refractivity contribution in [1.82, 2.24) is 15.3 Å². The zero-order chi connectivity index (χ0) is 21.0. The van der Waals surface area contributed by atoms with E-state index in [0.717, 1.165) is 17.5 Å². The van der Waals surface area contributed by atoms with Crippen LogP contribution < -0.4 is 21.1 Å². The van der Waals surface area contributed by atoms with E-state index in [4.69, 9.17) is 5.41 Å². The summed E-state index contributed by atoms with van der Waals surface area (Å²) in [6.45, 7) is 7.68. The lowest BCUT2D eigenvalue weighted by Gasteiger charge is -2.19. The van der Waals surface area contributed by atoms with E-state index in [0.29, 0.717) is 28.3 Å². The molecule has 0 saturated carbocycles. The lowest BCUT2D eigenvalue weighted by molar-refractivity contribution is 0.0950. The van der Waals surface area contributed by atoms with Crippen molar-refractivity contribution in [3.8, 4) is 0 Å². The monoisotopic (exact) mass is 384 g/mol. The lowest BCUT2D eigenvalue weighted by atomic mass is 10.1. The Morgan fingerprint density at radius 3 is 2.54 bits per heavy atom. The molecule has 0 aliphatic rings. The molecule has 8 nitrogen and oxygen atoms in total. The smallest absolute Gasteiger partial charge is 0.253 e. The number of hydrogen-bond acceptors (Lipinski definition) is 6. The molecule has 4 N–H and O–H groups in total. The van der Waals surface area contributed by atoms with E-state index in [1.807, 2.05) is 47.9 Å². The number of anilines is 2. The van der Waals surface area contributed by atoms with Crippen LogP contribution in [0.3, 0.4) is 0 Å². The number of amides is 1. The Morgan fingerprint density at radius 2 is 2.00 bits per heavy atom. The molecule has 0 aliphatic carbocycles. The van der Waals surface area contributed by atoms with Crippen LogP contribution in [0, 0.1) is 19.3 Å². The summed E-state index contributed by atoms with van der Waals surface area (Å²) in [4.78, 5) is 34.1. The van der Waals surface area contributed by atoms with Gasteiger partial charge in [0.15, 0.2) is 0 Å². The van der Waals surface area contributed by atoms with Crippen molar-refractivity contribution in [1.29, 1.82) is 5.41 Å². The molecule has 8 heteroatoms. The zero-order valence-electron chi connectivity index (χ0n) is 17.2. The molecule has 0 bridgehead atoms. The highest BCUT2D eigenvalue weighted by Crippen LogP contribution is 2.23. The minimum atomic E-state index is -0.366. The number of pyridine rings is 2. The van der Waals surface area contributed by atoms with Gasteiger partial charge in [0.05, 0.1) is 5.56 Å². The normalized spacial score (nSPS) is 10.7. The minimum absolute atomic E-state index is 0.0910. The van der Waals surface area contributed by atoms with E-state index in [1.54, 1.807) is 11.0 Å². The van der Waals surface area contributed by atoms with Crippen molar-refractivity contribution in [3.05, 3.63) is 50.4 Å². The quantitative estimate of drug-likeness (QED) is 0.547. The molecular weight excluding hydrogens is 356 g/mol. The second-order valence-electron chi connectivity index (χ2n) is 7.25. The van der Waals surface area contributed by atoms with Gasteiger partial charge in [0, 0.05) is 49.7 Å².